The summed E-state index contributed by atoms with van der Waals surface area (Å²) in [5.74, 6) is -0.235. The quantitative estimate of drug-likeness (QED) is 0.858. The van der Waals surface area contributed by atoms with Crippen molar-refractivity contribution in [2.45, 2.75) is 19.3 Å². The van der Waals surface area contributed by atoms with Gasteiger partial charge in [0, 0.05) is 5.69 Å². The van der Waals surface area contributed by atoms with Gasteiger partial charge in [0.05, 0.1) is 12.7 Å². The first kappa shape index (κ1) is 16.1. The summed E-state index contributed by atoms with van der Waals surface area (Å²) < 4.78 is 10.1. The average Bonchev–Trinajstić information content (AvgIpc) is 3.07. The number of carbonyl (C=O) groups excluding carboxylic acids is 2. The van der Waals surface area contributed by atoms with Gasteiger partial charge in [-0.3, -0.25) is 4.79 Å². The van der Waals surface area contributed by atoms with Crippen molar-refractivity contribution in [2.75, 3.05) is 19.0 Å². The predicted molar refractivity (Wildman–Crippen MR) is 90.4 cm³/mol. The Hall–Kier alpha value is -2.82. The second kappa shape index (κ2) is 7.17. The van der Waals surface area contributed by atoms with Gasteiger partial charge in [-0.1, -0.05) is 12.1 Å². The normalized spacial score (nSPS) is 12.4. The second-order valence-corrected chi connectivity index (χ2v) is 5.69. The van der Waals surface area contributed by atoms with E-state index in [0.29, 0.717) is 11.3 Å². The predicted octanol–water partition coefficient (Wildman–Crippen LogP) is 2.98. The van der Waals surface area contributed by atoms with Crippen LogP contribution in [0.2, 0.25) is 0 Å². The van der Waals surface area contributed by atoms with E-state index < -0.39 is 5.97 Å². The van der Waals surface area contributed by atoms with Crippen molar-refractivity contribution >= 4 is 17.6 Å². The number of anilines is 1. The number of ether oxygens (including phenoxy) is 2. The lowest BCUT2D eigenvalue weighted by Gasteiger charge is -2.09. The van der Waals surface area contributed by atoms with Crippen LogP contribution in [-0.4, -0.2) is 25.6 Å². The number of rotatable bonds is 5. The summed E-state index contributed by atoms with van der Waals surface area (Å²) in [6.45, 7) is -0.123. The Balaban J connectivity index is 1.57. The fraction of sp³-hybridized carbons (Fsp3) is 0.263. The summed E-state index contributed by atoms with van der Waals surface area (Å²) in [6, 6.07) is 12.6. The number of amides is 1. The minimum Gasteiger partial charge on any atom is -0.484 e. The van der Waals surface area contributed by atoms with E-state index in [1.807, 2.05) is 12.1 Å². The summed E-state index contributed by atoms with van der Waals surface area (Å²) in [5.41, 5.74) is 3.84. The third kappa shape index (κ3) is 3.74. The molecule has 5 heteroatoms. The molecule has 5 nitrogen and oxygen atoms in total. The number of fused-ring (bicyclic) bond motifs is 1. The Labute approximate surface area is 140 Å². The van der Waals surface area contributed by atoms with E-state index in [9.17, 15) is 9.59 Å². The molecule has 0 aliphatic heterocycles. The molecule has 0 aromatic heterocycles. The number of aryl methyl sites for hydroxylation is 2. The Kier molecular flexibility index (Phi) is 4.79. The maximum atomic E-state index is 12.0. The molecule has 0 spiro atoms. The first-order valence-corrected chi connectivity index (χ1v) is 7.88. The van der Waals surface area contributed by atoms with Gasteiger partial charge in [-0.05, 0) is 60.7 Å². The topological polar surface area (TPSA) is 64.6 Å². The molecule has 0 fully saturated rings. The van der Waals surface area contributed by atoms with Crippen molar-refractivity contribution in [1.82, 2.24) is 0 Å². The molecule has 0 atom stereocenters. The molecular formula is C19H19NO4. The summed E-state index contributed by atoms with van der Waals surface area (Å²) in [5, 5.41) is 2.83. The molecule has 0 saturated carbocycles. The molecule has 1 amide bonds. The number of methoxy groups -OCH3 is 1. The van der Waals surface area contributed by atoms with E-state index >= 15 is 0 Å². The smallest absolute Gasteiger partial charge is 0.337 e. The van der Waals surface area contributed by atoms with Crippen LogP contribution in [0, 0.1) is 0 Å². The van der Waals surface area contributed by atoms with Crippen LogP contribution >= 0.6 is 0 Å². The molecule has 1 N–H and O–H groups in total. The van der Waals surface area contributed by atoms with Gasteiger partial charge in [-0.15, -0.1) is 0 Å². The summed E-state index contributed by atoms with van der Waals surface area (Å²) >= 11 is 0. The van der Waals surface area contributed by atoms with Gasteiger partial charge in [0.2, 0.25) is 0 Å². The molecule has 124 valence electrons. The molecule has 0 radical (unpaired) electrons. The second-order valence-electron chi connectivity index (χ2n) is 5.69. The van der Waals surface area contributed by atoms with Crippen LogP contribution in [0.25, 0.3) is 0 Å². The molecule has 0 saturated heterocycles. The monoisotopic (exact) mass is 325 g/mol. The number of carbonyl (C=O) groups is 2. The van der Waals surface area contributed by atoms with Crippen LogP contribution < -0.4 is 10.1 Å². The van der Waals surface area contributed by atoms with E-state index in [1.165, 1.54) is 24.7 Å². The SMILES string of the molecule is COC(=O)c1cccc(OCC(=O)Nc2ccc3c(c2)CCC3)c1. The first-order valence-electron chi connectivity index (χ1n) is 7.88. The van der Waals surface area contributed by atoms with Gasteiger partial charge in [0.25, 0.3) is 5.91 Å². The Morgan fingerprint density at radius 3 is 2.75 bits per heavy atom. The minimum absolute atomic E-state index is 0.123. The van der Waals surface area contributed by atoms with E-state index in [-0.39, 0.29) is 12.5 Å². The summed E-state index contributed by atoms with van der Waals surface area (Å²) in [6.07, 6.45) is 3.35. The highest BCUT2D eigenvalue weighted by atomic mass is 16.5. The van der Waals surface area contributed by atoms with Crippen molar-refractivity contribution in [1.29, 1.82) is 0 Å². The van der Waals surface area contributed by atoms with Crippen LogP contribution in [0.15, 0.2) is 42.5 Å². The molecule has 1 aliphatic rings. The number of hydrogen-bond acceptors (Lipinski definition) is 4. The van der Waals surface area contributed by atoms with Crippen LogP contribution in [0.4, 0.5) is 5.69 Å². The van der Waals surface area contributed by atoms with E-state index in [1.54, 1.807) is 24.3 Å². The molecule has 3 rings (SSSR count). The maximum Gasteiger partial charge on any atom is 0.337 e. The van der Waals surface area contributed by atoms with Crippen LogP contribution in [-0.2, 0) is 22.4 Å². The molecule has 1 aliphatic carbocycles. The van der Waals surface area contributed by atoms with Gasteiger partial charge < -0.3 is 14.8 Å². The zero-order chi connectivity index (χ0) is 16.9. The van der Waals surface area contributed by atoms with Gasteiger partial charge in [0.1, 0.15) is 5.75 Å². The average molecular weight is 325 g/mol. The molecule has 0 heterocycles. The van der Waals surface area contributed by atoms with Crippen LogP contribution in [0.5, 0.6) is 5.75 Å². The lowest BCUT2D eigenvalue weighted by Crippen LogP contribution is -2.20. The number of esters is 1. The number of hydrogen-bond donors (Lipinski definition) is 1. The molecule has 0 unspecified atom stereocenters. The van der Waals surface area contributed by atoms with Crippen molar-refractivity contribution < 1.29 is 19.1 Å². The van der Waals surface area contributed by atoms with E-state index in [0.717, 1.165) is 18.5 Å². The van der Waals surface area contributed by atoms with Gasteiger partial charge >= 0.3 is 5.97 Å². The first-order chi connectivity index (χ1) is 11.7. The van der Waals surface area contributed by atoms with E-state index in [4.69, 9.17) is 4.74 Å². The van der Waals surface area contributed by atoms with Gasteiger partial charge in [0.15, 0.2) is 6.61 Å². The Morgan fingerprint density at radius 1 is 1.08 bits per heavy atom. The maximum absolute atomic E-state index is 12.0. The third-order valence-electron chi connectivity index (χ3n) is 4.01. The molecule has 0 bridgehead atoms. The highest BCUT2D eigenvalue weighted by Gasteiger charge is 2.12. The fourth-order valence-corrected chi connectivity index (χ4v) is 2.83. The standard InChI is InChI=1S/C19H19NO4/c1-23-19(22)15-6-3-7-17(11-15)24-12-18(21)20-16-9-8-13-4-2-5-14(13)10-16/h3,6-11H,2,4-5,12H2,1H3,(H,20,21). The molecule has 2 aromatic rings. The highest BCUT2D eigenvalue weighted by molar-refractivity contribution is 5.92. The fourth-order valence-electron chi connectivity index (χ4n) is 2.83. The number of benzene rings is 2. The minimum atomic E-state index is -0.442. The Morgan fingerprint density at radius 2 is 1.92 bits per heavy atom. The summed E-state index contributed by atoms with van der Waals surface area (Å²) in [4.78, 5) is 23.5. The largest absolute Gasteiger partial charge is 0.484 e. The molecule has 24 heavy (non-hydrogen) atoms. The summed E-state index contributed by atoms with van der Waals surface area (Å²) in [7, 11) is 1.32. The molecule has 2 aromatic carbocycles. The number of nitrogens with one attached hydrogen (secondary N) is 1. The Bertz CT molecular complexity index is 770. The van der Waals surface area contributed by atoms with Crippen molar-refractivity contribution in [3.63, 3.8) is 0 Å². The lowest BCUT2D eigenvalue weighted by molar-refractivity contribution is -0.118. The van der Waals surface area contributed by atoms with Gasteiger partial charge in [-0.25, -0.2) is 4.79 Å². The lowest BCUT2D eigenvalue weighted by atomic mass is 10.1. The zero-order valence-corrected chi connectivity index (χ0v) is 13.5. The van der Waals surface area contributed by atoms with Crippen LogP contribution in [0.3, 0.4) is 0 Å². The highest BCUT2D eigenvalue weighted by Crippen LogP contribution is 2.24. The molecular weight excluding hydrogens is 306 g/mol. The third-order valence-corrected chi connectivity index (χ3v) is 4.01. The van der Waals surface area contributed by atoms with Gasteiger partial charge in [-0.2, -0.15) is 0 Å². The van der Waals surface area contributed by atoms with Crippen molar-refractivity contribution in [3.8, 4) is 5.75 Å². The van der Waals surface area contributed by atoms with Crippen molar-refractivity contribution in [3.05, 3.63) is 59.2 Å². The van der Waals surface area contributed by atoms with Crippen LogP contribution in [0.1, 0.15) is 27.9 Å². The van der Waals surface area contributed by atoms with Crippen molar-refractivity contribution in [2.24, 2.45) is 0 Å². The zero-order valence-electron chi connectivity index (χ0n) is 13.5. The van der Waals surface area contributed by atoms with E-state index in [2.05, 4.69) is 16.1 Å².